The summed E-state index contributed by atoms with van der Waals surface area (Å²) < 4.78 is 62.9. The van der Waals surface area contributed by atoms with Crippen molar-refractivity contribution in [3.8, 4) is 0 Å². The van der Waals surface area contributed by atoms with E-state index in [0.29, 0.717) is 0 Å². The molecule has 2 saturated heterocycles. The quantitative estimate of drug-likeness (QED) is 0.203. The Labute approximate surface area is 166 Å². The van der Waals surface area contributed by atoms with Crippen LogP contribution in [0.15, 0.2) is 0 Å². The topological polar surface area (TPSA) is 258 Å². The van der Waals surface area contributed by atoms with Gasteiger partial charge in [-0.15, -0.1) is 0 Å². The van der Waals surface area contributed by atoms with Crippen LogP contribution in [0.2, 0.25) is 0 Å². The van der Waals surface area contributed by atoms with Crippen molar-refractivity contribution < 1.29 is 64.9 Å². The molecule has 0 aromatic heterocycles. The fraction of sp³-hybridized carbons (Fsp3) is 0.500. The zero-order valence-corrected chi connectivity index (χ0v) is 15.9. The SMILES string of the molecule is O=C(O)C(C(C(=O)O)N1C(=O)CC(S(=O)(=O)O)C1=O)N1C(=O)CC(S(=O)(=O)O)C1=O. The fourth-order valence-corrected chi connectivity index (χ4v) is 4.51. The monoisotopic (exact) mass is 472 g/mol. The van der Waals surface area contributed by atoms with E-state index in [2.05, 4.69) is 0 Å². The zero-order chi connectivity index (χ0) is 23.3. The van der Waals surface area contributed by atoms with Gasteiger partial charge in [-0.3, -0.25) is 38.1 Å². The molecule has 0 radical (unpaired) electrons. The Hall–Kier alpha value is -2.96. The highest BCUT2D eigenvalue weighted by Crippen LogP contribution is 2.29. The Morgan fingerprint density at radius 3 is 1.17 bits per heavy atom. The number of rotatable bonds is 7. The summed E-state index contributed by atoms with van der Waals surface area (Å²) in [7, 11) is -10.4. The highest BCUT2D eigenvalue weighted by atomic mass is 32.2. The highest BCUT2D eigenvalue weighted by Gasteiger charge is 2.59. The molecule has 2 rings (SSSR count). The lowest BCUT2D eigenvalue weighted by atomic mass is 10.1. The molecule has 16 nitrogen and oxygen atoms in total. The van der Waals surface area contributed by atoms with Crippen LogP contribution < -0.4 is 0 Å². The number of carbonyl (C=O) groups is 6. The maximum atomic E-state index is 12.2. The number of amides is 4. The predicted molar refractivity (Wildman–Crippen MR) is 86.5 cm³/mol. The summed E-state index contributed by atoms with van der Waals surface area (Å²) >= 11 is 0. The first-order valence-corrected chi connectivity index (χ1v) is 10.6. The molecule has 0 aliphatic carbocycles. The molecule has 0 spiro atoms. The smallest absolute Gasteiger partial charge is 0.329 e. The van der Waals surface area contributed by atoms with E-state index in [1.54, 1.807) is 0 Å². The number of hydrogen-bond acceptors (Lipinski definition) is 10. The Balaban J connectivity index is 2.59. The van der Waals surface area contributed by atoms with Gasteiger partial charge in [-0.05, 0) is 0 Å². The molecular weight excluding hydrogens is 460 g/mol. The van der Waals surface area contributed by atoms with E-state index < -0.39 is 91.2 Å². The molecule has 4 unspecified atom stereocenters. The first kappa shape index (κ1) is 23.3. The summed E-state index contributed by atoms with van der Waals surface area (Å²) in [5.41, 5.74) is 0. The lowest BCUT2D eigenvalue weighted by molar-refractivity contribution is -0.167. The number of hydrogen-bond donors (Lipinski definition) is 4. The minimum absolute atomic E-state index is 0.346. The summed E-state index contributed by atoms with van der Waals surface area (Å²) in [4.78, 5) is 71.3. The zero-order valence-electron chi connectivity index (χ0n) is 14.3. The third-order valence-corrected chi connectivity index (χ3v) is 6.54. The van der Waals surface area contributed by atoms with Crippen LogP contribution in [0.1, 0.15) is 12.8 Å². The summed E-state index contributed by atoms with van der Waals surface area (Å²) in [5.74, 6) is -11.3. The van der Waals surface area contributed by atoms with E-state index in [0.717, 1.165) is 0 Å². The van der Waals surface area contributed by atoms with Crippen LogP contribution in [-0.4, -0.2) is 104 Å². The molecule has 0 saturated carbocycles. The van der Waals surface area contributed by atoms with Crippen LogP contribution in [0.4, 0.5) is 0 Å². The van der Waals surface area contributed by atoms with E-state index >= 15 is 0 Å². The van der Waals surface area contributed by atoms with Gasteiger partial charge in [-0.2, -0.15) is 16.8 Å². The standard InChI is InChI=1S/C12H12N2O14S2/c15-5-1-3(29(23,24)25)9(17)13(5)7(11(19)20)8(12(21)22)14-6(16)2-4(10(14)18)30(26,27)28/h3-4,7-8H,1-2H2,(H,19,20)(H,21,22)(H,23,24,25)(H,26,27,28). The second kappa shape index (κ2) is 7.38. The number of nitrogens with zero attached hydrogens (tertiary/aromatic N) is 2. The summed E-state index contributed by atoms with van der Waals surface area (Å²) in [6, 6.07) is -5.72. The largest absolute Gasteiger partial charge is 0.480 e. The molecule has 0 aromatic rings. The van der Waals surface area contributed by atoms with Crippen molar-refractivity contribution in [1.82, 2.24) is 9.80 Å². The Bertz CT molecular complexity index is 990. The van der Waals surface area contributed by atoms with Gasteiger partial charge in [0.15, 0.2) is 22.6 Å². The lowest BCUT2D eigenvalue weighted by Gasteiger charge is -2.32. The normalized spacial score (nSPS) is 25.0. The van der Waals surface area contributed by atoms with Gasteiger partial charge in [0.05, 0.1) is 12.8 Å². The summed E-state index contributed by atoms with van der Waals surface area (Å²) in [5, 5.41) is 13.9. The van der Waals surface area contributed by atoms with Crippen molar-refractivity contribution in [2.75, 3.05) is 0 Å². The Morgan fingerprint density at radius 1 is 0.733 bits per heavy atom. The maximum Gasteiger partial charge on any atom is 0.329 e. The van der Waals surface area contributed by atoms with E-state index in [-0.39, 0.29) is 9.80 Å². The van der Waals surface area contributed by atoms with Crippen molar-refractivity contribution >= 4 is 55.8 Å². The number of carboxylic acid groups (broad SMARTS) is 2. The van der Waals surface area contributed by atoms with Gasteiger partial charge in [0.2, 0.25) is 11.8 Å². The number of carbonyl (C=O) groups excluding carboxylic acids is 4. The number of imide groups is 2. The second-order valence-corrected chi connectivity index (χ2v) is 9.38. The predicted octanol–water partition coefficient (Wildman–Crippen LogP) is -4.08. The third-order valence-electron chi connectivity index (χ3n) is 4.36. The van der Waals surface area contributed by atoms with E-state index in [1.165, 1.54) is 0 Å². The van der Waals surface area contributed by atoms with Gasteiger partial charge < -0.3 is 10.2 Å². The Morgan fingerprint density at radius 2 is 1.00 bits per heavy atom. The number of likely N-dealkylation sites (tertiary alicyclic amines) is 2. The third kappa shape index (κ3) is 3.88. The molecule has 18 heteroatoms. The van der Waals surface area contributed by atoms with Crippen molar-refractivity contribution in [2.24, 2.45) is 0 Å². The molecule has 0 aromatic carbocycles. The van der Waals surface area contributed by atoms with Crippen LogP contribution in [0.3, 0.4) is 0 Å². The van der Waals surface area contributed by atoms with Crippen LogP contribution in [-0.2, 0) is 49.0 Å². The molecular formula is C12H12N2O14S2. The summed E-state index contributed by atoms with van der Waals surface area (Å²) in [6.07, 6.45) is -2.49. The molecule has 2 fully saturated rings. The van der Waals surface area contributed by atoms with Gasteiger partial charge in [0.25, 0.3) is 32.1 Å². The summed E-state index contributed by atoms with van der Waals surface area (Å²) in [6.45, 7) is 0. The minimum Gasteiger partial charge on any atom is -0.480 e. The van der Waals surface area contributed by atoms with E-state index in [4.69, 9.17) is 9.11 Å². The van der Waals surface area contributed by atoms with Crippen molar-refractivity contribution in [3.05, 3.63) is 0 Å². The Kier molecular flexibility index (Phi) is 5.74. The first-order valence-electron chi connectivity index (χ1n) is 7.60. The van der Waals surface area contributed by atoms with Gasteiger partial charge in [0.1, 0.15) is 0 Å². The van der Waals surface area contributed by atoms with Gasteiger partial charge >= 0.3 is 11.9 Å². The molecule has 2 aliphatic heterocycles. The molecule has 4 amide bonds. The lowest BCUT2D eigenvalue weighted by Crippen LogP contribution is -2.62. The van der Waals surface area contributed by atoms with Gasteiger partial charge in [-0.1, -0.05) is 0 Å². The van der Waals surface area contributed by atoms with E-state index in [9.17, 15) is 55.8 Å². The van der Waals surface area contributed by atoms with Crippen molar-refractivity contribution in [3.63, 3.8) is 0 Å². The van der Waals surface area contributed by atoms with Crippen LogP contribution >= 0.6 is 0 Å². The average molecular weight is 472 g/mol. The fourth-order valence-electron chi connectivity index (χ4n) is 3.07. The van der Waals surface area contributed by atoms with Gasteiger partial charge in [-0.25, -0.2) is 9.59 Å². The first-order chi connectivity index (χ1) is 13.5. The molecule has 166 valence electrons. The molecule has 2 heterocycles. The molecule has 4 N–H and O–H groups in total. The van der Waals surface area contributed by atoms with Crippen LogP contribution in [0.25, 0.3) is 0 Å². The molecule has 2 aliphatic rings. The number of aliphatic carboxylic acids is 2. The molecule has 0 bridgehead atoms. The highest BCUT2D eigenvalue weighted by molar-refractivity contribution is 7.87. The average Bonchev–Trinajstić information content (AvgIpc) is 3.01. The van der Waals surface area contributed by atoms with Crippen LogP contribution in [0.5, 0.6) is 0 Å². The van der Waals surface area contributed by atoms with Crippen LogP contribution in [0, 0.1) is 0 Å². The number of carboxylic acids is 2. The molecule has 4 atom stereocenters. The maximum absolute atomic E-state index is 12.2. The second-order valence-electron chi connectivity index (χ2n) is 6.19. The van der Waals surface area contributed by atoms with Crippen molar-refractivity contribution in [2.45, 2.75) is 35.4 Å². The molecule has 30 heavy (non-hydrogen) atoms. The van der Waals surface area contributed by atoms with E-state index in [1.807, 2.05) is 0 Å². The van der Waals surface area contributed by atoms with Gasteiger partial charge in [0, 0.05) is 0 Å². The minimum atomic E-state index is -5.20. The van der Waals surface area contributed by atoms with Crippen molar-refractivity contribution in [1.29, 1.82) is 0 Å².